The lowest BCUT2D eigenvalue weighted by Gasteiger charge is -2.43. The van der Waals surface area contributed by atoms with Crippen LogP contribution in [0.1, 0.15) is 48.5 Å². The van der Waals surface area contributed by atoms with Crippen LogP contribution < -0.4 is 4.74 Å². The number of amides is 1. The first-order valence-corrected chi connectivity index (χ1v) is 10.2. The number of rotatable bonds is 5. The van der Waals surface area contributed by atoms with Crippen LogP contribution in [0.3, 0.4) is 0 Å². The molecule has 3 atom stereocenters. The Morgan fingerprint density at radius 3 is 2.71 bits per heavy atom. The summed E-state index contributed by atoms with van der Waals surface area (Å²) in [5.41, 5.74) is 1.73. The van der Waals surface area contributed by atoms with Crippen molar-refractivity contribution in [3.63, 3.8) is 0 Å². The van der Waals surface area contributed by atoms with Crippen molar-refractivity contribution in [2.75, 3.05) is 13.7 Å². The van der Waals surface area contributed by atoms with Gasteiger partial charge in [-0.15, -0.1) is 0 Å². The van der Waals surface area contributed by atoms with Gasteiger partial charge in [0, 0.05) is 37.9 Å². The molecule has 1 aromatic carbocycles. The van der Waals surface area contributed by atoms with Crippen LogP contribution >= 0.6 is 0 Å². The molecule has 2 aromatic rings. The second-order valence-electron chi connectivity index (χ2n) is 7.77. The van der Waals surface area contributed by atoms with Gasteiger partial charge in [0.1, 0.15) is 6.10 Å². The molecule has 1 aliphatic heterocycles. The van der Waals surface area contributed by atoms with Crippen molar-refractivity contribution in [1.82, 2.24) is 9.88 Å². The van der Waals surface area contributed by atoms with Gasteiger partial charge in [0.2, 0.25) is 5.88 Å². The molecule has 2 heterocycles. The predicted molar refractivity (Wildman–Crippen MR) is 108 cm³/mol. The largest absolute Gasteiger partial charge is 0.474 e. The summed E-state index contributed by atoms with van der Waals surface area (Å²) >= 11 is 0. The summed E-state index contributed by atoms with van der Waals surface area (Å²) in [6.45, 7) is 2.84. The summed E-state index contributed by atoms with van der Waals surface area (Å²) in [5, 5.41) is 0. The molecule has 0 spiro atoms. The number of likely N-dealkylation sites (tertiary alicyclic amines) is 1. The van der Waals surface area contributed by atoms with Crippen LogP contribution in [0, 0.1) is 0 Å². The van der Waals surface area contributed by atoms with Gasteiger partial charge >= 0.3 is 0 Å². The van der Waals surface area contributed by atoms with E-state index in [-0.39, 0.29) is 23.7 Å². The van der Waals surface area contributed by atoms with Crippen molar-refractivity contribution in [3.05, 3.63) is 59.8 Å². The fraction of sp³-hybridized carbons (Fsp3) is 0.478. The number of methoxy groups -OCH3 is 1. The number of hydrogen-bond acceptors (Lipinski definition) is 4. The summed E-state index contributed by atoms with van der Waals surface area (Å²) in [6.07, 6.45) is 6.20. The average molecular weight is 380 g/mol. The van der Waals surface area contributed by atoms with Gasteiger partial charge in [0.15, 0.2) is 0 Å². The van der Waals surface area contributed by atoms with Gasteiger partial charge in [-0.2, -0.15) is 0 Å². The third-order valence-electron chi connectivity index (χ3n) is 6.34. The minimum atomic E-state index is -0.261. The molecule has 0 unspecified atom stereocenters. The van der Waals surface area contributed by atoms with Gasteiger partial charge in [0.05, 0.1) is 11.6 Å². The maximum Gasteiger partial charge on any atom is 0.254 e. The lowest BCUT2D eigenvalue weighted by Crippen LogP contribution is -2.53. The zero-order valence-corrected chi connectivity index (χ0v) is 16.6. The second kappa shape index (κ2) is 7.92. The molecule has 0 radical (unpaired) electrons. The first-order chi connectivity index (χ1) is 13.6. The lowest BCUT2D eigenvalue weighted by atomic mass is 9.79. The van der Waals surface area contributed by atoms with Gasteiger partial charge < -0.3 is 14.4 Å². The molecule has 0 N–H and O–H groups in total. The summed E-state index contributed by atoms with van der Waals surface area (Å²) in [6, 6.07) is 13.7. The highest BCUT2D eigenvalue weighted by atomic mass is 16.5. The van der Waals surface area contributed by atoms with E-state index in [1.165, 1.54) is 5.56 Å². The first-order valence-electron chi connectivity index (χ1n) is 10.2. The standard InChI is InChI=1S/C23H28N2O3/c1-3-17-7-9-18(10-8-17)22(26)25-15-13-23(27-2)12-11-19(16-20(23)25)28-21-6-4-5-14-24-21/h4-10,14,19-20H,3,11-13,15-16H2,1-2H3/t19-,20+,23-/m1/s1. The number of carbonyl (C=O) groups excluding carboxylic acids is 1. The van der Waals surface area contributed by atoms with Gasteiger partial charge in [-0.1, -0.05) is 25.1 Å². The van der Waals surface area contributed by atoms with Crippen LogP contribution in [0.25, 0.3) is 0 Å². The fourth-order valence-electron chi connectivity index (χ4n) is 4.65. The number of aryl methyl sites for hydroxylation is 1. The summed E-state index contributed by atoms with van der Waals surface area (Å²) in [5.74, 6) is 0.730. The smallest absolute Gasteiger partial charge is 0.254 e. The van der Waals surface area contributed by atoms with E-state index in [1.54, 1.807) is 13.3 Å². The molecule has 5 nitrogen and oxygen atoms in total. The molecular formula is C23H28N2O3. The van der Waals surface area contributed by atoms with Crippen molar-refractivity contribution in [2.45, 2.75) is 56.8 Å². The van der Waals surface area contributed by atoms with E-state index >= 15 is 0 Å². The van der Waals surface area contributed by atoms with E-state index in [0.29, 0.717) is 5.88 Å². The monoisotopic (exact) mass is 380 g/mol. The highest BCUT2D eigenvalue weighted by molar-refractivity contribution is 5.94. The van der Waals surface area contributed by atoms with Crippen molar-refractivity contribution in [2.24, 2.45) is 0 Å². The van der Waals surface area contributed by atoms with Gasteiger partial charge in [0.25, 0.3) is 5.91 Å². The van der Waals surface area contributed by atoms with E-state index in [4.69, 9.17) is 9.47 Å². The molecule has 28 heavy (non-hydrogen) atoms. The Hall–Kier alpha value is -2.40. The van der Waals surface area contributed by atoms with Crippen LogP contribution in [0.15, 0.2) is 48.7 Å². The minimum absolute atomic E-state index is 0.0262. The summed E-state index contributed by atoms with van der Waals surface area (Å²) < 4.78 is 12.1. The quantitative estimate of drug-likeness (QED) is 0.790. The Morgan fingerprint density at radius 1 is 1.21 bits per heavy atom. The summed E-state index contributed by atoms with van der Waals surface area (Å²) in [7, 11) is 1.77. The average Bonchev–Trinajstić information content (AvgIpc) is 3.13. The molecule has 1 aromatic heterocycles. The number of hydrogen-bond donors (Lipinski definition) is 0. The fourth-order valence-corrected chi connectivity index (χ4v) is 4.65. The number of pyridine rings is 1. The van der Waals surface area contributed by atoms with Crippen LogP contribution in [-0.4, -0.2) is 47.2 Å². The van der Waals surface area contributed by atoms with Crippen LogP contribution in [-0.2, 0) is 11.2 Å². The van der Waals surface area contributed by atoms with E-state index in [9.17, 15) is 4.79 Å². The maximum atomic E-state index is 13.2. The lowest BCUT2D eigenvalue weighted by molar-refractivity contribution is -0.0788. The molecule has 1 saturated carbocycles. The Morgan fingerprint density at radius 2 is 2.04 bits per heavy atom. The zero-order chi connectivity index (χ0) is 19.6. The van der Waals surface area contributed by atoms with E-state index in [0.717, 1.165) is 44.2 Å². The van der Waals surface area contributed by atoms with E-state index in [2.05, 4.69) is 11.9 Å². The van der Waals surface area contributed by atoms with E-state index in [1.807, 2.05) is 47.4 Å². The van der Waals surface area contributed by atoms with Gasteiger partial charge in [-0.25, -0.2) is 4.98 Å². The number of nitrogens with zero attached hydrogens (tertiary/aromatic N) is 2. The molecule has 0 bridgehead atoms. The zero-order valence-electron chi connectivity index (χ0n) is 16.6. The van der Waals surface area contributed by atoms with Gasteiger partial charge in [-0.3, -0.25) is 4.79 Å². The minimum Gasteiger partial charge on any atom is -0.474 e. The Kier molecular flexibility index (Phi) is 5.36. The van der Waals surface area contributed by atoms with Crippen LogP contribution in [0.4, 0.5) is 0 Å². The number of carbonyl (C=O) groups is 1. The SMILES string of the molecule is CCc1ccc(C(=O)N2CC[C@]3(OC)CC[C@@H](Oc4ccccn4)C[C@H]23)cc1. The Labute approximate surface area is 166 Å². The van der Waals surface area contributed by atoms with Crippen LogP contribution in [0.5, 0.6) is 5.88 Å². The van der Waals surface area contributed by atoms with E-state index < -0.39 is 0 Å². The Balaban J connectivity index is 1.52. The third kappa shape index (κ3) is 3.51. The molecule has 2 aliphatic rings. The second-order valence-corrected chi connectivity index (χ2v) is 7.77. The summed E-state index contributed by atoms with van der Waals surface area (Å²) in [4.78, 5) is 19.5. The Bertz CT molecular complexity index is 808. The van der Waals surface area contributed by atoms with Crippen molar-refractivity contribution in [3.8, 4) is 5.88 Å². The van der Waals surface area contributed by atoms with Crippen molar-refractivity contribution >= 4 is 5.91 Å². The maximum absolute atomic E-state index is 13.2. The molecule has 1 aliphatic carbocycles. The van der Waals surface area contributed by atoms with Gasteiger partial charge in [-0.05, 0) is 49.4 Å². The molecule has 5 heteroatoms. The molecule has 2 fully saturated rings. The van der Waals surface area contributed by atoms with Crippen molar-refractivity contribution < 1.29 is 14.3 Å². The number of aromatic nitrogens is 1. The third-order valence-corrected chi connectivity index (χ3v) is 6.34. The molecular weight excluding hydrogens is 352 g/mol. The molecule has 4 rings (SSSR count). The van der Waals surface area contributed by atoms with Crippen molar-refractivity contribution in [1.29, 1.82) is 0 Å². The predicted octanol–water partition coefficient (Wildman–Crippen LogP) is 3.88. The number of benzene rings is 1. The molecule has 1 amide bonds. The highest BCUT2D eigenvalue weighted by Gasteiger charge is 2.53. The molecule has 1 saturated heterocycles. The van der Waals surface area contributed by atoms with Crippen LogP contribution in [0.2, 0.25) is 0 Å². The first kappa shape index (κ1) is 18.9. The number of ether oxygens (including phenoxy) is 2. The number of fused-ring (bicyclic) bond motifs is 1. The normalized spacial score (nSPS) is 26.7. The molecule has 148 valence electrons. The highest BCUT2D eigenvalue weighted by Crippen LogP contribution is 2.43. The topological polar surface area (TPSA) is 51.7 Å².